The zero-order valence-electron chi connectivity index (χ0n) is 16.2. The first kappa shape index (κ1) is 20.5. The normalized spacial score (nSPS) is 17.3. The lowest BCUT2D eigenvalue weighted by Gasteiger charge is -2.51. The molecule has 0 amide bonds. The van der Waals surface area contributed by atoms with Crippen LogP contribution in [0.15, 0.2) is 24.3 Å². The van der Waals surface area contributed by atoms with E-state index >= 15 is 0 Å². The molecule has 140 valence electrons. The van der Waals surface area contributed by atoms with Crippen molar-refractivity contribution in [3.05, 3.63) is 34.9 Å². The van der Waals surface area contributed by atoms with E-state index in [1.165, 1.54) is 56.9 Å². The molecule has 0 heterocycles. The van der Waals surface area contributed by atoms with Crippen molar-refractivity contribution >= 4 is 17.4 Å². The fourth-order valence-electron chi connectivity index (χ4n) is 4.42. The molecule has 0 saturated heterocycles. The standard InChI is InChI=1S/C22H34ClNO/c1-18(25)10-7-5-4-6-8-11-21(24(2)3)22(16-9-17-22)19-12-14-20(23)15-13-19/h12-15,21H,4-11,16-17H2,1-3H3. The van der Waals surface area contributed by atoms with Gasteiger partial charge in [-0.2, -0.15) is 0 Å². The Hall–Kier alpha value is -0.860. The van der Waals surface area contributed by atoms with Gasteiger partial charge in [-0.1, -0.05) is 55.8 Å². The van der Waals surface area contributed by atoms with Crippen molar-refractivity contribution in [1.29, 1.82) is 0 Å². The number of unbranched alkanes of at least 4 members (excludes halogenated alkanes) is 4. The van der Waals surface area contributed by atoms with E-state index < -0.39 is 0 Å². The lowest BCUT2D eigenvalue weighted by molar-refractivity contribution is -0.117. The van der Waals surface area contributed by atoms with E-state index in [0.717, 1.165) is 17.9 Å². The van der Waals surface area contributed by atoms with Crippen molar-refractivity contribution in [2.24, 2.45) is 0 Å². The van der Waals surface area contributed by atoms with Crippen LogP contribution in [-0.4, -0.2) is 30.8 Å². The van der Waals surface area contributed by atoms with Gasteiger partial charge in [-0.25, -0.2) is 0 Å². The topological polar surface area (TPSA) is 20.3 Å². The van der Waals surface area contributed by atoms with Crippen LogP contribution in [0.4, 0.5) is 0 Å². The molecule has 1 fully saturated rings. The highest BCUT2D eigenvalue weighted by Gasteiger charge is 2.45. The summed E-state index contributed by atoms with van der Waals surface area (Å²) in [7, 11) is 4.46. The lowest BCUT2D eigenvalue weighted by atomic mass is 9.59. The number of carbonyl (C=O) groups is 1. The van der Waals surface area contributed by atoms with Crippen molar-refractivity contribution in [2.75, 3.05) is 14.1 Å². The molecule has 3 heteroatoms. The minimum absolute atomic E-state index is 0.308. The molecule has 1 aliphatic rings. The van der Waals surface area contributed by atoms with Gasteiger partial charge in [0.15, 0.2) is 0 Å². The molecule has 0 spiro atoms. The van der Waals surface area contributed by atoms with Crippen molar-refractivity contribution in [3.63, 3.8) is 0 Å². The van der Waals surface area contributed by atoms with E-state index in [0.29, 0.717) is 17.2 Å². The van der Waals surface area contributed by atoms with E-state index in [4.69, 9.17) is 11.6 Å². The van der Waals surface area contributed by atoms with Crippen LogP contribution in [0, 0.1) is 0 Å². The molecule has 1 saturated carbocycles. The molecule has 0 N–H and O–H groups in total. The third kappa shape index (κ3) is 5.56. The molecular formula is C22H34ClNO. The van der Waals surface area contributed by atoms with Gasteiger partial charge in [-0.3, -0.25) is 0 Å². The van der Waals surface area contributed by atoms with Crippen LogP contribution < -0.4 is 0 Å². The molecule has 1 aromatic carbocycles. The first-order valence-electron chi connectivity index (χ1n) is 9.87. The molecule has 0 aromatic heterocycles. The van der Waals surface area contributed by atoms with E-state index in [-0.39, 0.29) is 0 Å². The number of likely N-dealkylation sites (N-methyl/N-ethyl adjacent to an activating group) is 1. The maximum Gasteiger partial charge on any atom is 0.129 e. The fraction of sp³-hybridized carbons (Fsp3) is 0.682. The van der Waals surface area contributed by atoms with Crippen molar-refractivity contribution in [3.8, 4) is 0 Å². The molecule has 0 radical (unpaired) electrons. The summed E-state index contributed by atoms with van der Waals surface area (Å²) in [6, 6.07) is 9.15. The number of hydrogen-bond donors (Lipinski definition) is 0. The predicted molar refractivity (Wildman–Crippen MR) is 107 cm³/mol. The molecule has 1 unspecified atom stereocenters. The van der Waals surface area contributed by atoms with E-state index in [1.807, 2.05) is 12.1 Å². The number of hydrogen-bond acceptors (Lipinski definition) is 2. The van der Waals surface area contributed by atoms with Gasteiger partial charge in [0.2, 0.25) is 0 Å². The second kappa shape index (κ2) is 9.73. The second-order valence-electron chi connectivity index (χ2n) is 8.00. The summed E-state index contributed by atoms with van der Waals surface area (Å²) < 4.78 is 0. The lowest BCUT2D eigenvalue weighted by Crippen LogP contribution is -2.52. The van der Waals surface area contributed by atoms with Crippen LogP contribution in [0.5, 0.6) is 0 Å². The Morgan fingerprint density at radius 1 is 1.08 bits per heavy atom. The highest BCUT2D eigenvalue weighted by molar-refractivity contribution is 6.30. The number of rotatable bonds is 11. The average molecular weight is 364 g/mol. The summed E-state index contributed by atoms with van der Waals surface area (Å²) in [5.41, 5.74) is 1.77. The van der Waals surface area contributed by atoms with Crippen molar-refractivity contribution in [2.45, 2.75) is 82.6 Å². The third-order valence-electron chi connectivity index (χ3n) is 5.93. The second-order valence-corrected chi connectivity index (χ2v) is 8.44. The first-order chi connectivity index (χ1) is 12.0. The van der Waals surface area contributed by atoms with E-state index in [9.17, 15) is 4.79 Å². The van der Waals surface area contributed by atoms with E-state index in [1.54, 1.807) is 6.92 Å². The number of carbonyl (C=O) groups excluding carboxylic acids is 1. The van der Waals surface area contributed by atoms with Crippen LogP contribution >= 0.6 is 11.6 Å². The molecule has 1 atom stereocenters. The molecule has 2 rings (SSSR count). The van der Waals surface area contributed by atoms with Crippen molar-refractivity contribution < 1.29 is 4.79 Å². The monoisotopic (exact) mass is 363 g/mol. The Bertz CT molecular complexity index is 533. The maximum absolute atomic E-state index is 11.0. The quantitative estimate of drug-likeness (QED) is 0.448. The summed E-state index contributed by atoms with van der Waals surface area (Å²) in [4.78, 5) is 13.4. The van der Waals surface area contributed by atoms with Gasteiger partial charge in [0.25, 0.3) is 0 Å². The van der Waals surface area contributed by atoms with Crippen LogP contribution in [0.1, 0.15) is 76.7 Å². The predicted octanol–water partition coefficient (Wildman–Crippen LogP) is 6.01. The van der Waals surface area contributed by atoms with Crippen molar-refractivity contribution in [1.82, 2.24) is 4.90 Å². The fourth-order valence-corrected chi connectivity index (χ4v) is 4.55. The maximum atomic E-state index is 11.0. The first-order valence-corrected chi connectivity index (χ1v) is 10.3. The number of nitrogens with zero attached hydrogens (tertiary/aromatic N) is 1. The summed E-state index contributed by atoms with van der Waals surface area (Å²) in [6.07, 6.45) is 12.0. The van der Waals surface area contributed by atoms with Gasteiger partial charge in [0.1, 0.15) is 5.78 Å². The molecule has 0 aliphatic heterocycles. The van der Waals surface area contributed by atoms with Gasteiger partial charge < -0.3 is 9.69 Å². The smallest absolute Gasteiger partial charge is 0.129 e. The molecule has 1 aliphatic carbocycles. The van der Waals surface area contributed by atoms with Crippen LogP contribution in [0.25, 0.3) is 0 Å². The Balaban J connectivity index is 1.88. The molecular weight excluding hydrogens is 330 g/mol. The van der Waals surface area contributed by atoms with Gasteiger partial charge in [0, 0.05) is 22.9 Å². The number of ketones is 1. The Kier molecular flexibility index (Phi) is 7.96. The molecule has 2 nitrogen and oxygen atoms in total. The number of Topliss-reactive ketones (excluding diaryl/α,β-unsaturated/α-hetero) is 1. The summed E-state index contributed by atoms with van der Waals surface area (Å²) in [6.45, 7) is 1.69. The Labute approximate surface area is 158 Å². The third-order valence-corrected chi connectivity index (χ3v) is 6.18. The summed E-state index contributed by atoms with van der Waals surface area (Å²) >= 11 is 6.10. The zero-order chi connectivity index (χ0) is 18.3. The Morgan fingerprint density at radius 3 is 2.20 bits per heavy atom. The Morgan fingerprint density at radius 2 is 1.68 bits per heavy atom. The molecule has 1 aromatic rings. The summed E-state index contributed by atoms with van der Waals surface area (Å²) in [5, 5.41) is 0.824. The molecule has 0 bridgehead atoms. The number of halogens is 1. The highest BCUT2D eigenvalue weighted by Crippen LogP contribution is 2.49. The summed E-state index contributed by atoms with van der Waals surface area (Å²) in [5.74, 6) is 0.322. The minimum atomic E-state index is 0.308. The average Bonchev–Trinajstić information content (AvgIpc) is 2.52. The van der Waals surface area contributed by atoms with Crippen LogP contribution in [0.2, 0.25) is 5.02 Å². The minimum Gasteiger partial charge on any atom is -0.306 e. The largest absolute Gasteiger partial charge is 0.306 e. The van der Waals surface area contributed by atoms with Gasteiger partial charge in [-0.15, -0.1) is 0 Å². The molecule has 25 heavy (non-hydrogen) atoms. The van der Waals surface area contributed by atoms with Gasteiger partial charge in [0.05, 0.1) is 0 Å². The highest BCUT2D eigenvalue weighted by atomic mass is 35.5. The van der Waals surface area contributed by atoms with Gasteiger partial charge in [-0.05, 0) is 64.4 Å². The van der Waals surface area contributed by atoms with E-state index in [2.05, 4.69) is 31.1 Å². The van der Waals surface area contributed by atoms with Gasteiger partial charge >= 0.3 is 0 Å². The SMILES string of the molecule is CC(=O)CCCCCCCC(N(C)C)C1(c2ccc(Cl)cc2)CCC1. The van der Waals surface area contributed by atoms with Crippen LogP contribution in [-0.2, 0) is 10.2 Å². The van der Waals surface area contributed by atoms with Crippen LogP contribution in [0.3, 0.4) is 0 Å². The zero-order valence-corrected chi connectivity index (χ0v) is 16.9. The number of benzene rings is 1.